The summed E-state index contributed by atoms with van der Waals surface area (Å²) in [5, 5.41) is 0. The van der Waals surface area contributed by atoms with Gasteiger partial charge in [-0.3, -0.25) is 0 Å². The Morgan fingerprint density at radius 3 is 2.00 bits per heavy atom. The van der Waals surface area contributed by atoms with Crippen LogP contribution >= 0.6 is 15.9 Å². The Kier molecular flexibility index (Phi) is 2.01. The summed E-state index contributed by atoms with van der Waals surface area (Å²) in [6, 6.07) is 0. The topological polar surface area (TPSA) is 52.0 Å². The zero-order chi connectivity index (χ0) is 4.28. The zero-order valence-electron chi connectivity index (χ0n) is 2.61. The van der Waals surface area contributed by atoms with E-state index in [1.54, 1.807) is 0 Å². The third kappa shape index (κ3) is 3.82. The molecule has 0 unspecified atom stereocenters. The Labute approximate surface area is 39.0 Å². The van der Waals surface area contributed by atoms with Gasteiger partial charge in [-0.05, 0) is 15.9 Å². The summed E-state index contributed by atoms with van der Waals surface area (Å²) in [6.07, 6.45) is 1.28. The smallest absolute Gasteiger partial charge is 0.0911 e. The van der Waals surface area contributed by atoms with E-state index in [4.69, 9.17) is 11.5 Å². The maximum Gasteiger partial charge on any atom is 0.0911 e. The van der Waals surface area contributed by atoms with Crippen LogP contribution in [0.3, 0.4) is 0 Å². The lowest BCUT2D eigenvalue weighted by molar-refractivity contribution is 1.47. The number of hydrogen-bond donors (Lipinski definition) is 2. The monoisotopic (exact) mass is 136 g/mol. The first-order valence-corrected chi connectivity index (χ1v) is 1.89. The molecule has 0 aromatic heterocycles. The second kappa shape index (κ2) is 2.08. The molecule has 0 fully saturated rings. The number of rotatable bonds is 0. The van der Waals surface area contributed by atoms with Gasteiger partial charge < -0.3 is 11.5 Å². The van der Waals surface area contributed by atoms with E-state index in [1.807, 2.05) is 0 Å². The number of hydrogen-bond acceptors (Lipinski definition) is 2. The second-order valence-corrected chi connectivity index (χ2v) is 1.47. The Balaban J connectivity index is 3.14. The van der Waals surface area contributed by atoms with E-state index in [2.05, 4.69) is 15.9 Å². The van der Waals surface area contributed by atoms with Crippen LogP contribution in [0, 0.1) is 0 Å². The van der Waals surface area contributed by atoms with Crippen molar-refractivity contribution < 1.29 is 0 Å². The fourth-order valence-electron chi connectivity index (χ4n) is 0. The Morgan fingerprint density at radius 1 is 1.80 bits per heavy atom. The van der Waals surface area contributed by atoms with E-state index in [-0.39, 0.29) is 0 Å². The predicted molar refractivity (Wildman–Crippen MR) is 25.4 cm³/mol. The summed E-state index contributed by atoms with van der Waals surface area (Å²) < 4.78 is 0.470. The van der Waals surface area contributed by atoms with Crippen molar-refractivity contribution >= 4 is 15.9 Å². The van der Waals surface area contributed by atoms with Gasteiger partial charge in [0, 0.05) is 6.20 Å². The molecule has 4 N–H and O–H groups in total. The average molecular weight is 137 g/mol. The third-order valence-electron chi connectivity index (χ3n) is 0.159. The fourth-order valence-corrected chi connectivity index (χ4v) is 0. The molecule has 0 saturated carbocycles. The fraction of sp³-hybridized carbons (Fsp3) is 0. The molecule has 0 amide bonds. The van der Waals surface area contributed by atoms with Crippen LogP contribution < -0.4 is 11.5 Å². The van der Waals surface area contributed by atoms with Gasteiger partial charge >= 0.3 is 0 Å². The van der Waals surface area contributed by atoms with Crippen molar-refractivity contribution in [1.82, 2.24) is 0 Å². The molecule has 0 heterocycles. The van der Waals surface area contributed by atoms with Gasteiger partial charge in [0.2, 0.25) is 0 Å². The summed E-state index contributed by atoms with van der Waals surface area (Å²) >= 11 is 2.89. The van der Waals surface area contributed by atoms with Crippen molar-refractivity contribution in [2.24, 2.45) is 11.5 Å². The van der Waals surface area contributed by atoms with Gasteiger partial charge in [0.15, 0.2) is 0 Å². The van der Waals surface area contributed by atoms with Crippen molar-refractivity contribution in [3.8, 4) is 0 Å². The van der Waals surface area contributed by atoms with Crippen molar-refractivity contribution in [3.63, 3.8) is 0 Å². The Morgan fingerprint density at radius 2 is 2.00 bits per heavy atom. The predicted octanol–water partition coefficient (Wildman–Crippen LogP) is 0.0976. The van der Waals surface area contributed by atoms with Gasteiger partial charge in [-0.25, -0.2) is 0 Å². The van der Waals surface area contributed by atoms with E-state index in [1.165, 1.54) is 6.20 Å². The van der Waals surface area contributed by atoms with Crippen molar-refractivity contribution in [2.45, 2.75) is 0 Å². The normalized spacial score (nSPS) is 11.8. The summed E-state index contributed by atoms with van der Waals surface area (Å²) in [5.74, 6) is 0. The van der Waals surface area contributed by atoms with Crippen LogP contribution in [0.2, 0.25) is 0 Å². The summed E-state index contributed by atoms with van der Waals surface area (Å²) in [7, 11) is 0. The second-order valence-electron chi connectivity index (χ2n) is 0.552. The quantitative estimate of drug-likeness (QED) is 0.465. The third-order valence-corrected chi connectivity index (χ3v) is 0.424. The van der Waals surface area contributed by atoms with Gasteiger partial charge in [-0.15, -0.1) is 0 Å². The van der Waals surface area contributed by atoms with Crippen molar-refractivity contribution in [1.29, 1.82) is 0 Å². The van der Waals surface area contributed by atoms with E-state index >= 15 is 0 Å². The summed E-state index contributed by atoms with van der Waals surface area (Å²) in [5.41, 5.74) is 9.78. The van der Waals surface area contributed by atoms with Crippen molar-refractivity contribution in [2.75, 3.05) is 0 Å². The highest BCUT2D eigenvalue weighted by Crippen LogP contribution is 1.86. The molecule has 0 atom stereocenters. The Bertz CT molecular complexity index is 45.6. The standard InChI is InChI=1S/C2H5BrN2/c3-2(5)1-4/h1H,4-5H2. The molecule has 0 aliphatic rings. The first kappa shape index (κ1) is 4.82. The van der Waals surface area contributed by atoms with Crippen molar-refractivity contribution in [3.05, 3.63) is 10.8 Å². The lowest BCUT2D eigenvalue weighted by atomic mass is 11.0. The maximum absolute atomic E-state index is 4.94. The first-order valence-electron chi connectivity index (χ1n) is 1.10. The van der Waals surface area contributed by atoms with E-state index in [9.17, 15) is 0 Å². The number of halogens is 1. The van der Waals surface area contributed by atoms with Crippen LogP contribution in [0.4, 0.5) is 0 Å². The van der Waals surface area contributed by atoms with Crippen LogP contribution in [-0.4, -0.2) is 0 Å². The van der Waals surface area contributed by atoms with Crippen LogP contribution in [0.5, 0.6) is 0 Å². The van der Waals surface area contributed by atoms with Gasteiger partial charge in [0.25, 0.3) is 0 Å². The molecule has 0 aromatic rings. The number of nitrogens with two attached hydrogens (primary N) is 2. The lowest BCUT2D eigenvalue weighted by Crippen LogP contribution is -1.90. The molecule has 0 saturated heterocycles. The van der Waals surface area contributed by atoms with E-state index < -0.39 is 0 Å². The highest BCUT2D eigenvalue weighted by molar-refractivity contribution is 9.11. The van der Waals surface area contributed by atoms with Crippen LogP contribution in [-0.2, 0) is 0 Å². The first-order chi connectivity index (χ1) is 2.27. The maximum atomic E-state index is 4.94. The minimum atomic E-state index is 0.470. The molecule has 0 bridgehead atoms. The molecular formula is C2H5BrN2. The molecule has 0 aromatic carbocycles. The van der Waals surface area contributed by atoms with Crippen LogP contribution in [0.1, 0.15) is 0 Å². The summed E-state index contributed by atoms with van der Waals surface area (Å²) in [6.45, 7) is 0. The summed E-state index contributed by atoms with van der Waals surface area (Å²) in [4.78, 5) is 0. The molecule has 0 aliphatic carbocycles. The van der Waals surface area contributed by atoms with Crippen LogP contribution in [0.15, 0.2) is 10.8 Å². The molecule has 0 spiro atoms. The minimum Gasteiger partial charge on any atom is -0.403 e. The van der Waals surface area contributed by atoms with Gasteiger partial charge in [-0.1, -0.05) is 0 Å². The largest absolute Gasteiger partial charge is 0.403 e. The van der Waals surface area contributed by atoms with E-state index in [0.717, 1.165) is 0 Å². The van der Waals surface area contributed by atoms with Crippen LogP contribution in [0.25, 0.3) is 0 Å². The average Bonchev–Trinajstić information content (AvgIpc) is 1.38. The molecule has 0 aliphatic heterocycles. The lowest BCUT2D eigenvalue weighted by Gasteiger charge is -1.73. The Hall–Kier alpha value is -0.180. The van der Waals surface area contributed by atoms with Gasteiger partial charge in [0.05, 0.1) is 4.61 Å². The molecule has 30 valence electrons. The highest BCUT2D eigenvalue weighted by Gasteiger charge is 1.63. The molecule has 0 rings (SSSR count). The zero-order valence-corrected chi connectivity index (χ0v) is 4.20. The highest BCUT2D eigenvalue weighted by atomic mass is 79.9. The molecular weight excluding hydrogens is 132 g/mol. The SMILES string of the molecule is NC=C(N)Br. The molecule has 3 heteroatoms. The molecule has 5 heavy (non-hydrogen) atoms. The van der Waals surface area contributed by atoms with Gasteiger partial charge in [-0.2, -0.15) is 0 Å². The molecule has 2 nitrogen and oxygen atoms in total. The van der Waals surface area contributed by atoms with Gasteiger partial charge in [0.1, 0.15) is 0 Å². The minimum absolute atomic E-state index is 0.470. The van der Waals surface area contributed by atoms with E-state index in [0.29, 0.717) is 4.61 Å². The molecule has 0 radical (unpaired) electrons.